The van der Waals surface area contributed by atoms with Crippen LogP contribution in [0.1, 0.15) is 12.5 Å². The molecule has 114 valence electrons. The molecule has 0 bridgehead atoms. The number of nitrogens with two attached hydrogens (primary N) is 1. The maximum absolute atomic E-state index is 12.2. The second kappa shape index (κ2) is 9.50. The smallest absolute Gasteiger partial charge is 0.387 e. The Bertz CT molecular complexity index is 419. The Hall–Kier alpha value is -1.40. The first-order chi connectivity index (χ1) is 9.02. The molecule has 0 spiro atoms. The highest BCUT2D eigenvalue weighted by atomic mass is 35.5. The third-order valence-electron chi connectivity index (χ3n) is 2.59. The van der Waals surface area contributed by atoms with Crippen LogP contribution in [-0.2, 0) is 11.2 Å². The van der Waals surface area contributed by atoms with Crippen molar-refractivity contribution in [3.8, 4) is 5.75 Å². The molecule has 0 fully saturated rings. The van der Waals surface area contributed by atoms with Crippen molar-refractivity contribution in [3.63, 3.8) is 0 Å². The van der Waals surface area contributed by atoms with E-state index >= 15 is 0 Å². The first kappa shape index (κ1) is 18.6. The highest BCUT2D eigenvalue weighted by Gasteiger charge is 2.12. The molecule has 0 aliphatic rings. The Labute approximate surface area is 123 Å². The highest BCUT2D eigenvalue weighted by Crippen LogP contribution is 2.20. The summed E-state index contributed by atoms with van der Waals surface area (Å²) < 4.78 is 28.8. The summed E-state index contributed by atoms with van der Waals surface area (Å²) in [5.74, 6) is -0.0401. The van der Waals surface area contributed by atoms with E-state index in [0.717, 1.165) is 0 Å². The van der Waals surface area contributed by atoms with E-state index in [-0.39, 0.29) is 36.4 Å². The number of nitrogens with one attached hydrogen (secondary N) is 1. The fourth-order valence-electron chi connectivity index (χ4n) is 1.47. The lowest BCUT2D eigenvalue weighted by Gasteiger charge is -2.12. The number of alkyl halides is 2. The number of ether oxygens (including phenoxy) is 1. The van der Waals surface area contributed by atoms with E-state index in [1.165, 1.54) is 6.07 Å². The second-order valence-electron chi connectivity index (χ2n) is 4.31. The minimum Gasteiger partial charge on any atom is -0.435 e. The van der Waals surface area contributed by atoms with Gasteiger partial charge in [0.05, 0.1) is 6.42 Å². The summed E-state index contributed by atoms with van der Waals surface area (Å²) in [5.41, 5.74) is 5.87. The summed E-state index contributed by atoms with van der Waals surface area (Å²) in [6.07, 6.45) is 0.000183. The number of rotatable bonds is 7. The monoisotopic (exact) mass is 308 g/mol. The highest BCUT2D eigenvalue weighted by molar-refractivity contribution is 5.85. The molecule has 0 radical (unpaired) electrons. The Morgan fingerprint density at radius 1 is 1.40 bits per heavy atom. The molecule has 20 heavy (non-hydrogen) atoms. The van der Waals surface area contributed by atoms with Gasteiger partial charge in [0.1, 0.15) is 5.75 Å². The zero-order valence-corrected chi connectivity index (χ0v) is 12.0. The molecule has 1 amide bonds. The van der Waals surface area contributed by atoms with Gasteiger partial charge in [-0.25, -0.2) is 0 Å². The normalized spacial score (nSPS) is 11.7. The van der Waals surface area contributed by atoms with Crippen molar-refractivity contribution in [2.45, 2.75) is 20.0 Å². The average molecular weight is 309 g/mol. The molecule has 1 unspecified atom stereocenters. The topological polar surface area (TPSA) is 64.3 Å². The van der Waals surface area contributed by atoms with E-state index in [2.05, 4.69) is 10.1 Å². The van der Waals surface area contributed by atoms with Crippen LogP contribution in [0.2, 0.25) is 0 Å². The minimum absolute atomic E-state index is 0. The molecular formula is C13H19ClF2N2O2. The summed E-state index contributed by atoms with van der Waals surface area (Å²) in [5, 5.41) is 2.70. The molecule has 1 aromatic carbocycles. The van der Waals surface area contributed by atoms with Crippen molar-refractivity contribution >= 4 is 18.3 Å². The average Bonchev–Trinajstić information content (AvgIpc) is 2.37. The molecule has 3 N–H and O–H groups in total. The number of hydrogen-bond acceptors (Lipinski definition) is 3. The number of carbonyl (C=O) groups is 1. The molecule has 0 aliphatic carbocycles. The van der Waals surface area contributed by atoms with Gasteiger partial charge in [-0.15, -0.1) is 12.4 Å². The van der Waals surface area contributed by atoms with Gasteiger partial charge in [-0.3, -0.25) is 4.79 Å². The van der Waals surface area contributed by atoms with E-state index in [9.17, 15) is 13.6 Å². The van der Waals surface area contributed by atoms with Crippen LogP contribution >= 0.6 is 12.4 Å². The first-order valence-electron chi connectivity index (χ1n) is 6.02. The third kappa shape index (κ3) is 6.68. The van der Waals surface area contributed by atoms with Gasteiger partial charge >= 0.3 is 6.61 Å². The standard InChI is InChI=1S/C13H18F2N2O2.ClH/c1-9(7-16)8-17-12(18)6-10-4-2-3-5-11(10)19-13(14)15;/h2-5,9,13H,6-8,16H2,1H3,(H,17,18);1H. The number of benzene rings is 1. The number of hydrogen-bond donors (Lipinski definition) is 2. The molecule has 1 aromatic rings. The van der Waals surface area contributed by atoms with Gasteiger partial charge < -0.3 is 15.8 Å². The molecule has 1 atom stereocenters. The molecular weight excluding hydrogens is 290 g/mol. The van der Waals surface area contributed by atoms with Crippen LogP contribution in [0.25, 0.3) is 0 Å². The van der Waals surface area contributed by atoms with Gasteiger partial charge in [0, 0.05) is 12.1 Å². The number of amides is 1. The molecule has 0 aromatic heterocycles. The van der Waals surface area contributed by atoms with Crippen LogP contribution < -0.4 is 15.8 Å². The molecule has 0 aliphatic heterocycles. The largest absolute Gasteiger partial charge is 0.435 e. The van der Waals surface area contributed by atoms with Crippen LogP contribution in [-0.4, -0.2) is 25.6 Å². The summed E-state index contributed by atoms with van der Waals surface area (Å²) >= 11 is 0. The maximum atomic E-state index is 12.2. The lowest BCUT2D eigenvalue weighted by atomic mass is 10.1. The summed E-state index contributed by atoms with van der Waals surface area (Å²) in [6, 6.07) is 6.25. The molecule has 7 heteroatoms. The number of para-hydroxylation sites is 1. The van der Waals surface area contributed by atoms with Gasteiger partial charge in [0.2, 0.25) is 5.91 Å². The van der Waals surface area contributed by atoms with Gasteiger partial charge in [-0.2, -0.15) is 8.78 Å². The Balaban J connectivity index is 0.00000361. The lowest BCUT2D eigenvalue weighted by Crippen LogP contribution is -2.32. The van der Waals surface area contributed by atoms with Crippen LogP contribution in [0.15, 0.2) is 24.3 Å². The van der Waals surface area contributed by atoms with Gasteiger partial charge in [-0.1, -0.05) is 25.1 Å². The second-order valence-corrected chi connectivity index (χ2v) is 4.31. The molecule has 0 heterocycles. The van der Waals surface area contributed by atoms with E-state index in [4.69, 9.17) is 5.73 Å². The van der Waals surface area contributed by atoms with Crippen molar-refractivity contribution in [2.24, 2.45) is 11.7 Å². The predicted octanol–water partition coefficient (Wildman–Crippen LogP) is 1.96. The SMILES string of the molecule is CC(CN)CNC(=O)Cc1ccccc1OC(F)F.Cl. The van der Waals surface area contributed by atoms with Crippen LogP contribution in [0.4, 0.5) is 8.78 Å². The Morgan fingerprint density at radius 3 is 2.65 bits per heavy atom. The van der Waals surface area contributed by atoms with Crippen LogP contribution in [0, 0.1) is 5.92 Å². The van der Waals surface area contributed by atoms with Crippen LogP contribution in [0.5, 0.6) is 5.75 Å². The number of carbonyl (C=O) groups excluding carboxylic acids is 1. The molecule has 1 rings (SSSR count). The van der Waals surface area contributed by atoms with Gasteiger partial charge in [-0.05, 0) is 18.5 Å². The van der Waals surface area contributed by atoms with Crippen molar-refractivity contribution < 1.29 is 18.3 Å². The summed E-state index contributed by atoms with van der Waals surface area (Å²) in [6.45, 7) is -0.0475. The first-order valence-corrected chi connectivity index (χ1v) is 6.02. The minimum atomic E-state index is -2.90. The van der Waals surface area contributed by atoms with E-state index < -0.39 is 6.61 Å². The van der Waals surface area contributed by atoms with Crippen molar-refractivity contribution in [3.05, 3.63) is 29.8 Å². The van der Waals surface area contributed by atoms with Crippen molar-refractivity contribution in [1.82, 2.24) is 5.32 Å². The van der Waals surface area contributed by atoms with Gasteiger partial charge in [0.15, 0.2) is 0 Å². The predicted molar refractivity (Wildman–Crippen MR) is 75.3 cm³/mol. The van der Waals surface area contributed by atoms with E-state index in [1.807, 2.05) is 6.92 Å². The fourth-order valence-corrected chi connectivity index (χ4v) is 1.47. The zero-order chi connectivity index (χ0) is 14.3. The zero-order valence-electron chi connectivity index (χ0n) is 11.1. The summed E-state index contributed by atoms with van der Waals surface area (Å²) in [7, 11) is 0. The van der Waals surface area contributed by atoms with Crippen LogP contribution in [0.3, 0.4) is 0 Å². The Morgan fingerprint density at radius 2 is 2.05 bits per heavy atom. The molecule has 0 saturated carbocycles. The van der Waals surface area contributed by atoms with Crippen molar-refractivity contribution in [2.75, 3.05) is 13.1 Å². The summed E-state index contributed by atoms with van der Waals surface area (Å²) in [4.78, 5) is 11.7. The third-order valence-corrected chi connectivity index (χ3v) is 2.59. The molecule has 0 saturated heterocycles. The number of halogens is 3. The van der Waals surface area contributed by atoms with E-state index in [1.54, 1.807) is 18.2 Å². The maximum Gasteiger partial charge on any atom is 0.387 e. The Kier molecular flexibility index (Phi) is 8.83. The van der Waals surface area contributed by atoms with Gasteiger partial charge in [0.25, 0.3) is 0 Å². The van der Waals surface area contributed by atoms with Crippen molar-refractivity contribution in [1.29, 1.82) is 0 Å². The fraction of sp³-hybridized carbons (Fsp3) is 0.462. The quantitative estimate of drug-likeness (QED) is 0.809. The lowest BCUT2D eigenvalue weighted by molar-refractivity contribution is -0.120. The molecule has 4 nitrogen and oxygen atoms in total. The van der Waals surface area contributed by atoms with E-state index in [0.29, 0.717) is 18.7 Å².